The highest BCUT2D eigenvalue weighted by atomic mass is 16.5. The number of nitrogens with zero attached hydrogens (tertiary/aromatic N) is 7. The summed E-state index contributed by atoms with van der Waals surface area (Å²) < 4.78 is 5.33. The van der Waals surface area contributed by atoms with Gasteiger partial charge >= 0.3 is 0 Å². The van der Waals surface area contributed by atoms with Crippen molar-refractivity contribution in [2.24, 2.45) is 64.9 Å². The number of allylic oxidation sites excluding steroid dienone is 1. The average molecular weight is 1320 g/mol. The lowest BCUT2D eigenvalue weighted by Gasteiger charge is -2.41. The van der Waals surface area contributed by atoms with Crippen LogP contribution >= 0.6 is 0 Å². The van der Waals surface area contributed by atoms with E-state index in [-0.39, 0.29) is 88.2 Å². The summed E-state index contributed by atoms with van der Waals surface area (Å²) in [7, 11) is 10.1. The monoisotopic (exact) mass is 1310 g/mol. The summed E-state index contributed by atoms with van der Waals surface area (Å²) in [5, 5.41) is 17.8. The number of aliphatic hydroxyl groups excluding tert-OH is 1. The zero-order chi connectivity index (χ0) is 71.8. The van der Waals surface area contributed by atoms with Crippen molar-refractivity contribution in [1.29, 1.82) is 0 Å². The molecule has 12 atom stereocenters. The van der Waals surface area contributed by atoms with Gasteiger partial charge in [0.1, 0.15) is 30.2 Å². The van der Waals surface area contributed by atoms with Crippen molar-refractivity contribution in [2.75, 3.05) is 82.2 Å². The predicted molar refractivity (Wildman–Crippen MR) is 359 cm³/mol. The van der Waals surface area contributed by atoms with E-state index < -0.39 is 167 Å². The fourth-order valence-electron chi connectivity index (χ4n) is 12.0. The lowest BCUT2D eigenvalue weighted by molar-refractivity contribution is -0.157. The molecule has 0 spiro atoms. The Morgan fingerprint density at radius 3 is 1.52 bits per heavy atom. The number of aliphatic hydroxyl groups is 1. The SMILES string of the molecule is CC[C@@H]1CC(=O)[C@H]([C@H](O)[C@H](C)C/C=C/C(=O)NCCOCCN)N(C)C(=O)[C@H](C(C)C)N(C)C(=O)[C@H](CC(C)C)N(C)C(=O)[C@H](CC(C)C)N(C)C(=O)[C@@H](C)NC(=O)[C@H](C)CC(=O)[C@H](CC(C)C)N(C)C(=O)[C@H](C(C)C)CC(=O)[C@H](CC(C)C)N(C)C(=O)CN(C)C1=O. The van der Waals surface area contributed by atoms with E-state index in [1.807, 2.05) is 55.4 Å². The number of nitrogens with two attached hydrogens (primary N) is 1. The molecule has 1 heterocycles. The number of hydrogen-bond donors (Lipinski definition) is 4. The molecule has 5 N–H and O–H groups in total. The van der Waals surface area contributed by atoms with Crippen LogP contribution in [-0.2, 0) is 62.3 Å². The van der Waals surface area contributed by atoms with Crippen molar-refractivity contribution in [3.63, 3.8) is 0 Å². The van der Waals surface area contributed by atoms with Crippen molar-refractivity contribution in [2.45, 2.75) is 217 Å². The topological polar surface area (TPSA) is 307 Å². The predicted octanol–water partition coefficient (Wildman–Crippen LogP) is 4.61. The summed E-state index contributed by atoms with van der Waals surface area (Å²) in [6, 6.07) is -8.47. The maximum absolute atomic E-state index is 15.4. The van der Waals surface area contributed by atoms with Crippen LogP contribution in [0.5, 0.6) is 0 Å². The molecule has 24 nitrogen and oxygen atoms in total. The van der Waals surface area contributed by atoms with E-state index in [9.17, 15) is 43.5 Å². The van der Waals surface area contributed by atoms with Crippen LogP contribution in [0.2, 0.25) is 0 Å². The Morgan fingerprint density at radius 2 is 1.03 bits per heavy atom. The zero-order valence-corrected chi connectivity index (χ0v) is 60.9. The second kappa shape index (κ2) is 40.3. The minimum atomic E-state index is -1.63. The first kappa shape index (κ1) is 84.9. The summed E-state index contributed by atoms with van der Waals surface area (Å²) >= 11 is 0. The van der Waals surface area contributed by atoms with Gasteiger partial charge < -0.3 is 60.5 Å². The molecule has 24 heteroatoms. The first-order valence-corrected chi connectivity index (χ1v) is 33.7. The number of Topliss-reactive ketones (excluding diaryl/α,β-unsaturated/α-hetero) is 3. The molecule has 0 aromatic heterocycles. The molecule has 1 aliphatic rings. The smallest absolute Gasteiger partial charge is 0.246 e. The molecule has 0 saturated carbocycles. The Bertz CT molecular complexity index is 2540. The molecule has 1 fully saturated rings. The summed E-state index contributed by atoms with van der Waals surface area (Å²) in [5.74, 6) is -12.2. The Morgan fingerprint density at radius 1 is 0.570 bits per heavy atom. The highest BCUT2D eigenvalue weighted by molar-refractivity contribution is 5.99. The highest BCUT2D eigenvalue weighted by Gasteiger charge is 2.46. The Hall–Kier alpha value is -6.14. The van der Waals surface area contributed by atoms with Crippen molar-refractivity contribution < 1.29 is 67.4 Å². The van der Waals surface area contributed by atoms with Crippen LogP contribution in [0.25, 0.3) is 0 Å². The number of nitrogens with one attached hydrogen (secondary N) is 2. The van der Waals surface area contributed by atoms with Gasteiger partial charge in [0, 0.05) is 99.4 Å². The number of hydrogen-bond acceptors (Lipinski definition) is 15. The first-order valence-electron chi connectivity index (χ1n) is 33.7. The van der Waals surface area contributed by atoms with Crippen LogP contribution < -0.4 is 16.4 Å². The van der Waals surface area contributed by atoms with Crippen LogP contribution in [-0.4, -0.2) is 240 Å². The average Bonchev–Trinajstić information content (AvgIpc) is 0.817. The third-order valence-corrected chi connectivity index (χ3v) is 17.9. The highest BCUT2D eigenvalue weighted by Crippen LogP contribution is 2.29. The molecular weight excluding hydrogens is 1190 g/mol. The number of amides is 9. The number of ether oxygens (including phenoxy) is 1. The molecule has 0 aliphatic carbocycles. The fourth-order valence-corrected chi connectivity index (χ4v) is 12.0. The van der Waals surface area contributed by atoms with Crippen LogP contribution in [0, 0.1) is 59.2 Å². The number of likely N-dealkylation sites (N-methyl/N-ethyl adjacent to an activating group) is 7. The number of carbonyl (C=O) groups is 12. The van der Waals surface area contributed by atoms with Crippen molar-refractivity contribution >= 4 is 70.5 Å². The van der Waals surface area contributed by atoms with Gasteiger partial charge in [-0.15, -0.1) is 0 Å². The Labute approximate surface area is 556 Å². The minimum absolute atomic E-state index is 0.0543. The number of rotatable bonds is 21. The van der Waals surface area contributed by atoms with Crippen LogP contribution in [0.1, 0.15) is 169 Å². The minimum Gasteiger partial charge on any atom is -0.390 e. The third kappa shape index (κ3) is 25.8. The van der Waals surface area contributed by atoms with E-state index in [1.54, 1.807) is 48.5 Å². The summed E-state index contributed by atoms with van der Waals surface area (Å²) in [5.41, 5.74) is 5.48. The van der Waals surface area contributed by atoms with E-state index in [2.05, 4.69) is 10.6 Å². The molecular formula is C69H122N10O14. The second-order valence-electron chi connectivity index (χ2n) is 28.6. The molecule has 1 saturated heterocycles. The van der Waals surface area contributed by atoms with Gasteiger partial charge in [-0.2, -0.15) is 0 Å². The van der Waals surface area contributed by atoms with Gasteiger partial charge in [-0.1, -0.05) is 110 Å². The van der Waals surface area contributed by atoms with E-state index in [4.69, 9.17) is 10.5 Å². The molecule has 1 aliphatic heterocycles. The lowest BCUT2D eigenvalue weighted by Crippen LogP contribution is -2.61. The lowest BCUT2D eigenvalue weighted by atomic mass is 9.84. The van der Waals surface area contributed by atoms with E-state index >= 15 is 19.2 Å². The van der Waals surface area contributed by atoms with Crippen molar-refractivity contribution in [3.8, 4) is 0 Å². The van der Waals surface area contributed by atoms with Gasteiger partial charge in [-0.25, -0.2) is 0 Å². The Kier molecular flexibility index (Phi) is 36.8. The standard InChI is InChI=1S/C69H122N10O14/c1-24-49-37-57(82)61(62(85)46(14)26-25-27-58(83)71-29-31-93-30-28-70)79(23)69(92)60(45(12)13)78(22)68(91)54(35-43(8)9)77(21)67(90)53(34-42(6)7)76(20)64(87)48(16)72-63(86)47(15)36-55(80)52(33-41(4)5)75(19)66(89)50(44(10)11)38-56(81)51(32-40(2)3)74(18)59(84)39-73(17)65(49)88/h25,27,40-54,60-62,85H,24,26,28-39,70H2,1-23H3,(H,71,83)(H,72,86)/b27-25+/t46-,47-,48-,49-,50+,51+,52+,53+,54+,60+,61-,62-/m1/s1. The van der Waals surface area contributed by atoms with Crippen LogP contribution in [0.4, 0.5) is 0 Å². The zero-order valence-electron chi connectivity index (χ0n) is 60.9. The van der Waals surface area contributed by atoms with Crippen LogP contribution in [0.15, 0.2) is 12.2 Å². The molecule has 0 radical (unpaired) electrons. The quantitative estimate of drug-likeness (QED) is 0.0901. The normalized spacial score (nSPS) is 25.8. The molecule has 0 aromatic rings. The fraction of sp³-hybridized carbons (Fsp3) is 0.797. The summed E-state index contributed by atoms with van der Waals surface area (Å²) in [4.78, 5) is 183. The van der Waals surface area contributed by atoms with Gasteiger partial charge in [0.05, 0.1) is 37.9 Å². The van der Waals surface area contributed by atoms with Crippen molar-refractivity contribution in [1.82, 2.24) is 44.9 Å². The largest absolute Gasteiger partial charge is 0.390 e. The summed E-state index contributed by atoms with van der Waals surface area (Å²) in [6.45, 7) is 29.0. The van der Waals surface area contributed by atoms with Crippen molar-refractivity contribution in [3.05, 3.63) is 12.2 Å². The Balaban J connectivity index is 4.34. The van der Waals surface area contributed by atoms with Gasteiger partial charge in [0.15, 0.2) is 17.3 Å². The maximum Gasteiger partial charge on any atom is 0.246 e. The second-order valence-corrected chi connectivity index (χ2v) is 28.6. The molecule has 0 unspecified atom stereocenters. The number of ketones is 3. The van der Waals surface area contributed by atoms with E-state index in [1.165, 1.54) is 97.8 Å². The molecule has 0 aromatic carbocycles. The van der Waals surface area contributed by atoms with Gasteiger partial charge in [-0.3, -0.25) is 57.5 Å². The van der Waals surface area contributed by atoms with E-state index in [0.717, 1.165) is 4.90 Å². The first-order chi connectivity index (χ1) is 43.1. The molecule has 9 amide bonds. The third-order valence-electron chi connectivity index (χ3n) is 17.9. The van der Waals surface area contributed by atoms with Crippen LogP contribution in [0.3, 0.4) is 0 Å². The maximum atomic E-state index is 15.4. The van der Waals surface area contributed by atoms with Gasteiger partial charge in [0.25, 0.3) is 0 Å². The summed E-state index contributed by atoms with van der Waals surface area (Å²) in [6.07, 6.45) is 0.994. The van der Waals surface area contributed by atoms with Gasteiger partial charge in [0.2, 0.25) is 53.2 Å². The molecule has 1 rings (SSSR count). The van der Waals surface area contributed by atoms with E-state index in [0.29, 0.717) is 13.2 Å². The number of carbonyl (C=O) groups excluding carboxylic acids is 12. The molecule has 93 heavy (non-hydrogen) atoms. The molecule has 532 valence electrons. The molecule has 0 bridgehead atoms. The van der Waals surface area contributed by atoms with Gasteiger partial charge in [-0.05, 0) is 93.0 Å².